The van der Waals surface area contributed by atoms with Gasteiger partial charge in [0.05, 0.1) is 29.6 Å². The Labute approximate surface area is 306 Å². The third-order valence-corrected chi connectivity index (χ3v) is 10.9. The summed E-state index contributed by atoms with van der Waals surface area (Å²) in [6.45, 7) is 15.3. The molecule has 0 aromatic carbocycles. The average molecular weight is 726 g/mol. The van der Waals surface area contributed by atoms with E-state index < -0.39 is 77.3 Å². The van der Waals surface area contributed by atoms with E-state index in [1.165, 1.54) is 21.0 Å². The van der Waals surface area contributed by atoms with Crippen molar-refractivity contribution in [3.63, 3.8) is 0 Å². The Bertz CT molecular complexity index is 1190. The molecule has 0 aromatic rings. The van der Waals surface area contributed by atoms with Crippen LogP contribution in [-0.4, -0.2) is 145 Å². The zero-order valence-corrected chi connectivity index (χ0v) is 33.1. The van der Waals surface area contributed by atoms with Gasteiger partial charge in [0.25, 0.3) is 0 Å². The number of aliphatic hydroxyl groups is 3. The molecule has 0 radical (unpaired) electrons. The topological polar surface area (TPSA) is 160 Å². The van der Waals surface area contributed by atoms with Crippen molar-refractivity contribution in [2.24, 2.45) is 28.8 Å². The lowest BCUT2D eigenvalue weighted by molar-refractivity contribution is -0.295. The second-order valence-electron chi connectivity index (χ2n) is 15.4. The fourth-order valence-electron chi connectivity index (χ4n) is 7.51. The van der Waals surface area contributed by atoms with Crippen molar-refractivity contribution in [3.05, 3.63) is 0 Å². The van der Waals surface area contributed by atoms with Crippen molar-refractivity contribution in [1.29, 1.82) is 0 Å². The Kier molecular flexibility index (Phi) is 17.5. The minimum atomic E-state index is -1.89. The third kappa shape index (κ3) is 11.4. The van der Waals surface area contributed by atoms with Crippen molar-refractivity contribution in [2.45, 2.75) is 142 Å². The highest BCUT2D eigenvalue weighted by Crippen LogP contribution is 2.38. The van der Waals surface area contributed by atoms with Crippen LogP contribution >= 0.6 is 0 Å². The molecule has 2 fully saturated rings. The molecule has 13 heteroatoms. The smallest absolute Gasteiger partial charge is 0.316 e. The van der Waals surface area contributed by atoms with Crippen LogP contribution in [0.1, 0.15) is 87.5 Å². The summed E-state index contributed by atoms with van der Waals surface area (Å²) in [4.78, 5) is 37.5. The largest absolute Gasteiger partial charge is 0.459 e. The van der Waals surface area contributed by atoms with Gasteiger partial charge in [0.2, 0.25) is 0 Å². The minimum absolute atomic E-state index is 0.182. The van der Waals surface area contributed by atoms with Gasteiger partial charge in [-0.1, -0.05) is 32.9 Å². The summed E-state index contributed by atoms with van der Waals surface area (Å²) in [6.07, 6.45) is 1.60. The fourth-order valence-corrected chi connectivity index (χ4v) is 7.51. The van der Waals surface area contributed by atoms with Gasteiger partial charge in [-0.15, -0.1) is 12.3 Å². The summed E-state index contributed by atoms with van der Waals surface area (Å²) in [5.74, 6) is -2.03. The molecule has 1 unspecified atom stereocenters. The molecule has 13 atom stereocenters. The number of hydrogen-bond donors (Lipinski definition) is 3. The van der Waals surface area contributed by atoms with Crippen LogP contribution in [0.4, 0.5) is 0 Å². The number of aliphatic hydroxyl groups excluding tert-OH is 2. The highest BCUT2D eigenvalue weighted by Gasteiger charge is 2.51. The molecule has 13 nitrogen and oxygen atoms in total. The predicted octanol–water partition coefficient (Wildman–Crippen LogP) is 2.87. The first-order valence-electron chi connectivity index (χ1n) is 18.4. The first-order valence-corrected chi connectivity index (χ1v) is 18.4. The van der Waals surface area contributed by atoms with Crippen molar-refractivity contribution < 1.29 is 48.7 Å². The van der Waals surface area contributed by atoms with E-state index in [0.717, 1.165) is 6.54 Å². The van der Waals surface area contributed by atoms with Crippen LogP contribution in [-0.2, 0) is 33.4 Å². The molecule has 0 spiro atoms. The normalized spacial score (nSPS) is 39.8. The second-order valence-corrected chi connectivity index (χ2v) is 15.4. The minimum Gasteiger partial charge on any atom is -0.459 e. The molecule has 2 aliphatic heterocycles. The Morgan fingerprint density at radius 2 is 1.71 bits per heavy atom. The first kappa shape index (κ1) is 45.0. The molecule has 0 saturated carbocycles. The highest BCUT2D eigenvalue weighted by atomic mass is 16.7. The number of esters is 1. The maximum atomic E-state index is 14.2. The molecule has 2 saturated heterocycles. The average Bonchev–Trinajstić information content (AvgIpc) is 3.08. The van der Waals surface area contributed by atoms with E-state index in [-0.39, 0.29) is 25.0 Å². The SMILES string of the molecule is C#CCCN(C)[C@H]1C[C@@H](C)OC(O[C@@H]2[C@@H](C)C(=O)[C@@H](C)C(=O)O[C@H](CC)[C@@](C)(O)[C@@H](O)[C@@H](C)/C(=N/OCCCN(C)C)[C@H](C)C[C@@]2(C)OC)[C@@H]1O. The van der Waals surface area contributed by atoms with E-state index in [1.807, 2.05) is 51.7 Å². The number of ketones is 1. The summed E-state index contributed by atoms with van der Waals surface area (Å²) in [5.41, 5.74) is -2.65. The van der Waals surface area contributed by atoms with E-state index in [0.29, 0.717) is 38.1 Å². The molecule has 2 aliphatic rings. The van der Waals surface area contributed by atoms with Gasteiger partial charge in [-0.25, -0.2) is 0 Å². The van der Waals surface area contributed by atoms with Gasteiger partial charge >= 0.3 is 5.97 Å². The highest BCUT2D eigenvalue weighted by molar-refractivity contribution is 6.00. The third-order valence-electron chi connectivity index (χ3n) is 10.9. The van der Waals surface area contributed by atoms with E-state index in [4.69, 9.17) is 30.2 Å². The molecule has 51 heavy (non-hydrogen) atoms. The molecule has 0 bridgehead atoms. The quantitative estimate of drug-likeness (QED) is 0.0890. The number of likely N-dealkylation sites (N-methyl/N-ethyl adjacent to an activating group) is 1. The van der Waals surface area contributed by atoms with E-state index >= 15 is 0 Å². The van der Waals surface area contributed by atoms with Crippen LogP contribution in [0.3, 0.4) is 0 Å². The van der Waals surface area contributed by atoms with Crippen LogP contribution in [0.5, 0.6) is 0 Å². The zero-order chi connectivity index (χ0) is 38.8. The number of oxime groups is 1. The lowest BCUT2D eigenvalue weighted by Gasteiger charge is -2.47. The van der Waals surface area contributed by atoms with Gasteiger partial charge in [0.15, 0.2) is 12.1 Å². The maximum Gasteiger partial charge on any atom is 0.316 e. The second kappa shape index (κ2) is 19.8. The van der Waals surface area contributed by atoms with Crippen molar-refractivity contribution >= 4 is 17.5 Å². The number of terminal acetylenes is 1. The molecule has 3 N–H and O–H groups in total. The van der Waals surface area contributed by atoms with Crippen molar-refractivity contribution in [2.75, 3.05) is 47.9 Å². The number of nitrogens with zero attached hydrogens (tertiary/aromatic N) is 3. The lowest BCUT2D eigenvalue weighted by Crippen LogP contribution is -2.60. The lowest BCUT2D eigenvalue weighted by atomic mass is 9.74. The maximum absolute atomic E-state index is 14.2. The number of cyclic esters (lactones) is 1. The Hall–Kier alpha value is -2.15. The predicted molar refractivity (Wildman–Crippen MR) is 195 cm³/mol. The zero-order valence-electron chi connectivity index (χ0n) is 33.1. The summed E-state index contributed by atoms with van der Waals surface area (Å²) in [6, 6.07) is -0.331. The molecule has 2 rings (SSSR count). The van der Waals surface area contributed by atoms with Crippen LogP contribution in [0.2, 0.25) is 0 Å². The molecule has 0 amide bonds. The van der Waals surface area contributed by atoms with Crippen LogP contribution in [0.25, 0.3) is 0 Å². The first-order chi connectivity index (χ1) is 23.8. The van der Waals surface area contributed by atoms with Gasteiger partial charge in [0.1, 0.15) is 30.3 Å². The molecule has 0 aromatic heterocycles. The summed E-state index contributed by atoms with van der Waals surface area (Å²) in [5, 5.41) is 39.5. The number of carbonyl (C=O) groups excluding carboxylic acids is 2. The van der Waals surface area contributed by atoms with Gasteiger partial charge in [-0.2, -0.15) is 0 Å². The molecular formula is C38H67N3O10. The summed E-state index contributed by atoms with van der Waals surface area (Å²) < 4.78 is 24.8. The van der Waals surface area contributed by atoms with Crippen LogP contribution in [0, 0.1) is 36.0 Å². The van der Waals surface area contributed by atoms with Crippen molar-refractivity contribution in [3.8, 4) is 12.3 Å². The van der Waals surface area contributed by atoms with E-state index in [1.54, 1.807) is 20.8 Å². The van der Waals surface area contributed by atoms with Gasteiger partial charge in [-0.05, 0) is 74.5 Å². The van der Waals surface area contributed by atoms with E-state index in [2.05, 4.69) is 11.1 Å². The molecule has 294 valence electrons. The van der Waals surface area contributed by atoms with Gasteiger partial charge in [-0.3, -0.25) is 14.5 Å². The number of ether oxygens (including phenoxy) is 4. The number of methoxy groups -OCH3 is 1. The van der Waals surface area contributed by atoms with Gasteiger partial charge in [0, 0.05) is 50.4 Å². The Morgan fingerprint density at radius 3 is 2.27 bits per heavy atom. The number of hydrogen-bond acceptors (Lipinski definition) is 13. The van der Waals surface area contributed by atoms with Crippen molar-refractivity contribution in [1.82, 2.24) is 9.80 Å². The van der Waals surface area contributed by atoms with E-state index in [9.17, 15) is 24.9 Å². The Balaban J connectivity index is 2.68. The molecule has 2 heterocycles. The monoisotopic (exact) mass is 725 g/mol. The number of rotatable bonds is 12. The fraction of sp³-hybridized carbons (Fsp3) is 0.868. The standard InChI is InChI=1S/C38H67N3O10/c1-14-16-19-41(12)28-21-24(4)49-36(32(28)43)51-34-26(6)31(42)27(7)35(45)50-29(15-2)38(9,46)33(44)25(5)30(23(3)22-37(34,8)47-13)39-48-20-17-18-40(10)11/h1,23-29,32-34,36,43-44,46H,15-22H2,2-13H3/b39-30+/t23-,24-,25+,26+,27-,28+,29-,32-,33+,34-,36?,37-,38-/m1/s1. The van der Waals surface area contributed by atoms with Gasteiger partial charge < -0.3 is 44.0 Å². The summed E-state index contributed by atoms with van der Waals surface area (Å²) >= 11 is 0. The number of Topliss-reactive ketones (excluding diaryl/α,β-unsaturated/α-hetero) is 1. The van der Waals surface area contributed by atoms with Crippen LogP contribution in [0.15, 0.2) is 5.16 Å². The molecule has 0 aliphatic carbocycles. The summed E-state index contributed by atoms with van der Waals surface area (Å²) in [7, 11) is 7.34. The van der Waals surface area contributed by atoms with Crippen LogP contribution < -0.4 is 0 Å². The molecular weight excluding hydrogens is 658 g/mol. The Morgan fingerprint density at radius 1 is 1.06 bits per heavy atom. The number of carbonyl (C=O) groups is 2.